The largest absolute Gasteiger partial charge is 0.350 e. The van der Waals surface area contributed by atoms with Gasteiger partial charge in [0.1, 0.15) is 10.8 Å². The summed E-state index contributed by atoms with van der Waals surface area (Å²) in [7, 11) is 0. The first-order chi connectivity index (χ1) is 9.08. The van der Waals surface area contributed by atoms with Gasteiger partial charge in [0.2, 0.25) is 0 Å². The van der Waals surface area contributed by atoms with E-state index in [1.165, 1.54) is 25.7 Å². The highest BCUT2D eigenvalue weighted by atomic mass is 35.5. The molecule has 1 aliphatic carbocycles. The molecular weight excluding hydrogens is 283 g/mol. The maximum atomic E-state index is 12.1. The van der Waals surface area contributed by atoms with Crippen LogP contribution < -0.4 is 5.32 Å². The molecule has 1 fully saturated rings. The van der Waals surface area contributed by atoms with E-state index in [0.29, 0.717) is 23.4 Å². The highest BCUT2D eigenvalue weighted by Gasteiger charge is 2.22. The van der Waals surface area contributed by atoms with Crippen LogP contribution in [-0.4, -0.2) is 17.4 Å². The molecule has 1 aromatic heterocycles. The molecule has 2 rings (SSSR count). The lowest BCUT2D eigenvalue weighted by Gasteiger charge is -2.28. The number of hydrogen-bond acceptors (Lipinski definition) is 2. The van der Waals surface area contributed by atoms with E-state index < -0.39 is 0 Å². The van der Waals surface area contributed by atoms with Crippen molar-refractivity contribution >= 4 is 29.1 Å². The van der Waals surface area contributed by atoms with Crippen LogP contribution in [0.2, 0.25) is 10.2 Å². The molecule has 0 aliphatic heterocycles. The number of pyridine rings is 1. The first kappa shape index (κ1) is 14.6. The van der Waals surface area contributed by atoms with Crippen molar-refractivity contribution in [3.05, 3.63) is 28.0 Å². The Labute approximate surface area is 123 Å². The molecule has 1 heterocycles. The number of nitrogens with zero attached hydrogens (tertiary/aromatic N) is 1. The molecule has 1 N–H and O–H groups in total. The molecule has 1 aliphatic rings. The van der Waals surface area contributed by atoms with Crippen LogP contribution in [0.4, 0.5) is 0 Å². The van der Waals surface area contributed by atoms with Gasteiger partial charge in [-0.05, 0) is 30.4 Å². The highest BCUT2D eigenvalue weighted by Crippen LogP contribution is 2.29. The van der Waals surface area contributed by atoms with E-state index in [0.717, 1.165) is 0 Å². The monoisotopic (exact) mass is 300 g/mol. The molecule has 1 aromatic rings. The number of rotatable bonds is 3. The van der Waals surface area contributed by atoms with E-state index in [1.807, 2.05) is 0 Å². The summed E-state index contributed by atoms with van der Waals surface area (Å²) in [6, 6.07) is 3.17. The summed E-state index contributed by atoms with van der Waals surface area (Å²) >= 11 is 11.7. The molecule has 0 spiro atoms. The maximum Gasteiger partial charge on any atom is 0.271 e. The summed E-state index contributed by atoms with van der Waals surface area (Å²) in [5, 5.41) is 3.53. The number of carbonyl (C=O) groups is 1. The lowest BCUT2D eigenvalue weighted by atomic mass is 9.80. The van der Waals surface area contributed by atoms with Gasteiger partial charge in [-0.15, -0.1) is 0 Å². The molecule has 2 atom stereocenters. The van der Waals surface area contributed by atoms with E-state index in [2.05, 4.69) is 17.2 Å². The number of amides is 1. The maximum absolute atomic E-state index is 12.1. The standard InChI is InChI=1S/C14H18Cl2N2O/c1-9-4-2-3-5-10(9)8-17-14(19)13-11(15)6-7-12(16)18-13/h6-7,9-10H,2-5,8H2,1H3,(H,17,19). The van der Waals surface area contributed by atoms with E-state index in [4.69, 9.17) is 23.2 Å². The van der Waals surface area contributed by atoms with Crippen molar-refractivity contribution in [1.82, 2.24) is 10.3 Å². The van der Waals surface area contributed by atoms with Gasteiger partial charge in [-0.2, -0.15) is 0 Å². The quantitative estimate of drug-likeness (QED) is 0.859. The lowest BCUT2D eigenvalue weighted by Crippen LogP contribution is -2.34. The lowest BCUT2D eigenvalue weighted by molar-refractivity contribution is 0.0931. The van der Waals surface area contributed by atoms with Gasteiger partial charge in [0.15, 0.2) is 0 Å². The first-order valence-corrected chi connectivity index (χ1v) is 7.43. The van der Waals surface area contributed by atoms with Crippen molar-refractivity contribution in [3.8, 4) is 0 Å². The number of nitrogens with one attached hydrogen (secondary N) is 1. The van der Waals surface area contributed by atoms with Crippen molar-refractivity contribution in [3.63, 3.8) is 0 Å². The highest BCUT2D eigenvalue weighted by molar-refractivity contribution is 6.34. The molecule has 5 heteroatoms. The van der Waals surface area contributed by atoms with Gasteiger partial charge in [-0.3, -0.25) is 4.79 Å². The third-order valence-electron chi connectivity index (χ3n) is 3.84. The average Bonchev–Trinajstić information content (AvgIpc) is 2.40. The Morgan fingerprint density at radius 3 is 2.84 bits per heavy atom. The summed E-state index contributed by atoms with van der Waals surface area (Å²) in [6.45, 7) is 2.94. The van der Waals surface area contributed by atoms with E-state index in [9.17, 15) is 4.79 Å². The van der Waals surface area contributed by atoms with E-state index >= 15 is 0 Å². The van der Waals surface area contributed by atoms with Gasteiger partial charge >= 0.3 is 0 Å². The van der Waals surface area contributed by atoms with Crippen LogP contribution in [0, 0.1) is 11.8 Å². The molecule has 0 aromatic carbocycles. The van der Waals surface area contributed by atoms with E-state index in [-0.39, 0.29) is 16.8 Å². The molecule has 1 amide bonds. The fourth-order valence-electron chi connectivity index (χ4n) is 2.58. The third-order valence-corrected chi connectivity index (χ3v) is 4.36. The second kappa shape index (κ2) is 6.58. The van der Waals surface area contributed by atoms with Crippen molar-refractivity contribution in [2.75, 3.05) is 6.54 Å². The van der Waals surface area contributed by atoms with Crippen LogP contribution in [0.15, 0.2) is 12.1 Å². The molecule has 0 saturated heterocycles. The molecule has 104 valence electrons. The molecule has 0 bridgehead atoms. The van der Waals surface area contributed by atoms with Crippen molar-refractivity contribution in [2.45, 2.75) is 32.6 Å². The molecule has 1 saturated carbocycles. The van der Waals surface area contributed by atoms with Gasteiger partial charge in [-0.1, -0.05) is 49.4 Å². The zero-order chi connectivity index (χ0) is 13.8. The summed E-state index contributed by atoms with van der Waals surface area (Å²) in [6.07, 6.45) is 4.98. The smallest absolute Gasteiger partial charge is 0.271 e. The topological polar surface area (TPSA) is 42.0 Å². The number of carbonyl (C=O) groups excluding carboxylic acids is 1. The van der Waals surface area contributed by atoms with Crippen molar-refractivity contribution < 1.29 is 4.79 Å². The number of aromatic nitrogens is 1. The van der Waals surface area contributed by atoms with Gasteiger partial charge in [-0.25, -0.2) is 4.98 Å². The molecule has 3 nitrogen and oxygen atoms in total. The number of halogens is 2. The summed E-state index contributed by atoms with van der Waals surface area (Å²) in [5.74, 6) is 0.970. The van der Waals surface area contributed by atoms with Crippen LogP contribution >= 0.6 is 23.2 Å². The first-order valence-electron chi connectivity index (χ1n) is 6.68. The van der Waals surface area contributed by atoms with Gasteiger partial charge in [0.05, 0.1) is 5.02 Å². The number of hydrogen-bond donors (Lipinski definition) is 1. The Morgan fingerprint density at radius 2 is 2.11 bits per heavy atom. The minimum atomic E-state index is -0.245. The molecular formula is C14H18Cl2N2O. The van der Waals surface area contributed by atoms with Crippen LogP contribution in [0.3, 0.4) is 0 Å². The second-order valence-corrected chi connectivity index (χ2v) is 5.99. The SMILES string of the molecule is CC1CCCCC1CNC(=O)c1nc(Cl)ccc1Cl. The minimum Gasteiger partial charge on any atom is -0.350 e. The van der Waals surface area contributed by atoms with E-state index in [1.54, 1.807) is 12.1 Å². The Kier molecular flexibility index (Phi) is 5.06. The zero-order valence-electron chi connectivity index (χ0n) is 11.0. The molecule has 19 heavy (non-hydrogen) atoms. The Balaban J connectivity index is 1.95. The van der Waals surface area contributed by atoms with Gasteiger partial charge in [0, 0.05) is 6.54 Å². The summed E-state index contributed by atoms with van der Waals surface area (Å²) < 4.78 is 0. The summed E-state index contributed by atoms with van der Waals surface area (Å²) in [5.41, 5.74) is 0.206. The molecule has 0 radical (unpaired) electrons. The van der Waals surface area contributed by atoms with Crippen molar-refractivity contribution in [2.24, 2.45) is 11.8 Å². The zero-order valence-corrected chi connectivity index (χ0v) is 12.5. The van der Waals surface area contributed by atoms with Gasteiger partial charge in [0.25, 0.3) is 5.91 Å². The average molecular weight is 301 g/mol. The predicted molar refractivity (Wildman–Crippen MR) is 77.7 cm³/mol. The Bertz CT molecular complexity index is 465. The fourth-order valence-corrected chi connectivity index (χ4v) is 2.92. The minimum absolute atomic E-state index is 0.206. The Morgan fingerprint density at radius 1 is 1.37 bits per heavy atom. The molecule has 2 unspecified atom stereocenters. The van der Waals surface area contributed by atoms with Crippen LogP contribution in [0.1, 0.15) is 43.1 Å². The van der Waals surface area contributed by atoms with Crippen molar-refractivity contribution in [1.29, 1.82) is 0 Å². The third kappa shape index (κ3) is 3.83. The van der Waals surface area contributed by atoms with Crippen LogP contribution in [0.5, 0.6) is 0 Å². The fraction of sp³-hybridized carbons (Fsp3) is 0.571. The predicted octanol–water partition coefficient (Wildman–Crippen LogP) is 3.94. The Hall–Kier alpha value is -0.800. The normalized spacial score (nSPS) is 23.1. The summed E-state index contributed by atoms with van der Waals surface area (Å²) in [4.78, 5) is 16.0. The second-order valence-electron chi connectivity index (χ2n) is 5.20. The van der Waals surface area contributed by atoms with Crippen LogP contribution in [0.25, 0.3) is 0 Å². The van der Waals surface area contributed by atoms with Gasteiger partial charge < -0.3 is 5.32 Å². The van der Waals surface area contributed by atoms with Crippen LogP contribution in [-0.2, 0) is 0 Å².